The van der Waals surface area contributed by atoms with Gasteiger partial charge in [-0.2, -0.15) is 0 Å². The minimum atomic E-state index is -1.09. The minimum absolute atomic E-state index is 0.00428. The number of H-pyrrole nitrogens is 1. The average molecular weight is 251 g/mol. The third-order valence-electron chi connectivity index (χ3n) is 3.12. The van der Waals surface area contributed by atoms with Crippen molar-refractivity contribution in [3.63, 3.8) is 0 Å². The molecule has 1 fully saturated rings. The van der Waals surface area contributed by atoms with Crippen LogP contribution in [0, 0.1) is 12.8 Å². The Morgan fingerprint density at radius 3 is 2.67 bits per heavy atom. The Bertz CT molecular complexity index is 475. The van der Waals surface area contributed by atoms with Crippen LogP contribution in [-0.4, -0.2) is 28.1 Å². The normalized spacial score (nSPS) is 22.1. The first-order chi connectivity index (χ1) is 8.45. The molecular weight excluding hydrogens is 234 g/mol. The number of carbonyl (C=O) groups excluding carboxylic acids is 1. The maximum Gasteiger partial charge on any atom is 0.354 e. The first kappa shape index (κ1) is 12.5. The van der Waals surface area contributed by atoms with E-state index in [0.717, 1.165) is 12.8 Å². The summed E-state index contributed by atoms with van der Waals surface area (Å²) in [6.45, 7) is 3.87. The summed E-state index contributed by atoms with van der Waals surface area (Å²) < 4.78 is 0. The molecule has 0 saturated heterocycles. The van der Waals surface area contributed by atoms with Crippen LogP contribution in [0.15, 0.2) is 6.07 Å². The largest absolute Gasteiger partial charge is 0.477 e. The molecule has 4 N–H and O–H groups in total. The number of hydrogen-bond donors (Lipinski definition) is 4. The van der Waals surface area contributed by atoms with Gasteiger partial charge < -0.3 is 20.7 Å². The van der Waals surface area contributed by atoms with Gasteiger partial charge in [0.25, 0.3) is 0 Å². The van der Waals surface area contributed by atoms with Crippen LogP contribution in [0.5, 0.6) is 0 Å². The molecule has 0 bridgehead atoms. The van der Waals surface area contributed by atoms with Crippen LogP contribution in [0.25, 0.3) is 0 Å². The monoisotopic (exact) mass is 251 g/mol. The van der Waals surface area contributed by atoms with E-state index < -0.39 is 5.97 Å². The summed E-state index contributed by atoms with van der Waals surface area (Å²) in [6.07, 6.45) is 1.96. The first-order valence-corrected chi connectivity index (χ1v) is 5.96. The van der Waals surface area contributed by atoms with Crippen molar-refractivity contribution in [1.82, 2.24) is 10.3 Å². The summed E-state index contributed by atoms with van der Waals surface area (Å²) in [5.41, 5.74) is 0.995. The van der Waals surface area contributed by atoms with Gasteiger partial charge in [-0.15, -0.1) is 0 Å². The second-order valence-electron chi connectivity index (χ2n) is 4.92. The maximum atomic E-state index is 11.7. The van der Waals surface area contributed by atoms with Crippen LogP contribution in [0.2, 0.25) is 0 Å². The number of rotatable bonds is 3. The summed E-state index contributed by atoms with van der Waals surface area (Å²) in [5, 5.41) is 14.3. The smallest absolute Gasteiger partial charge is 0.354 e. The predicted molar refractivity (Wildman–Crippen MR) is 66.8 cm³/mol. The van der Waals surface area contributed by atoms with Crippen molar-refractivity contribution in [2.24, 2.45) is 5.92 Å². The highest BCUT2D eigenvalue weighted by Gasteiger charge is 2.27. The minimum Gasteiger partial charge on any atom is -0.477 e. The zero-order valence-electron chi connectivity index (χ0n) is 10.4. The van der Waals surface area contributed by atoms with Crippen LogP contribution < -0.4 is 10.6 Å². The van der Waals surface area contributed by atoms with E-state index in [9.17, 15) is 9.59 Å². The van der Waals surface area contributed by atoms with Gasteiger partial charge in [-0.3, -0.25) is 0 Å². The Morgan fingerprint density at radius 1 is 1.44 bits per heavy atom. The molecule has 1 saturated carbocycles. The molecule has 0 spiro atoms. The maximum absolute atomic E-state index is 11.7. The lowest BCUT2D eigenvalue weighted by Crippen LogP contribution is -2.45. The number of aryl methyl sites for hydroxylation is 1. The number of urea groups is 1. The number of aromatic carboxylic acids is 1. The molecule has 0 atom stereocenters. The Hall–Kier alpha value is -1.98. The molecule has 18 heavy (non-hydrogen) atoms. The molecule has 1 aromatic heterocycles. The van der Waals surface area contributed by atoms with E-state index in [4.69, 9.17) is 5.11 Å². The zero-order valence-corrected chi connectivity index (χ0v) is 10.4. The van der Waals surface area contributed by atoms with E-state index in [1.165, 1.54) is 0 Å². The molecule has 1 aromatic rings. The SMILES string of the molecule is Cc1cc(NC(=O)NC2CC(C)C2)c(C(=O)O)[nH]1. The number of anilines is 1. The Morgan fingerprint density at radius 2 is 2.11 bits per heavy atom. The lowest BCUT2D eigenvalue weighted by atomic mass is 9.82. The number of amides is 2. The number of nitrogens with one attached hydrogen (secondary N) is 3. The van der Waals surface area contributed by atoms with Crippen LogP contribution in [0.1, 0.15) is 35.9 Å². The highest BCUT2D eigenvalue weighted by molar-refractivity contribution is 5.99. The molecule has 2 amide bonds. The lowest BCUT2D eigenvalue weighted by molar-refractivity contribution is 0.0692. The fourth-order valence-electron chi connectivity index (χ4n) is 2.22. The van der Waals surface area contributed by atoms with Crippen molar-refractivity contribution in [1.29, 1.82) is 0 Å². The van der Waals surface area contributed by atoms with Gasteiger partial charge in [0.05, 0.1) is 5.69 Å². The van der Waals surface area contributed by atoms with Crippen molar-refractivity contribution in [2.75, 3.05) is 5.32 Å². The summed E-state index contributed by atoms with van der Waals surface area (Å²) in [6, 6.07) is 1.45. The zero-order chi connectivity index (χ0) is 13.3. The van der Waals surface area contributed by atoms with E-state index in [-0.39, 0.29) is 17.8 Å². The Labute approximate surface area is 105 Å². The van der Waals surface area contributed by atoms with Crippen molar-refractivity contribution in [2.45, 2.75) is 32.7 Å². The van der Waals surface area contributed by atoms with E-state index in [2.05, 4.69) is 22.5 Å². The Balaban J connectivity index is 1.96. The van der Waals surface area contributed by atoms with Crippen LogP contribution in [0.4, 0.5) is 10.5 Å². The second-order valence-corrected chi connectivity index (χ2v) is 4.92. The number of carboxylic acid groups (broad SMARTS) is 1. The van der Waals surface area contributed by atoms with Gasteiger partial charge in [0.1, 0.15) is 5.69 Å². The van der Waals surface area contributed by atoms with Crippen LogP contribution in [-0.2, 0) is 0 Å². The van der Waals surface area contributed by atoms with Crippen molar-refractivity contribution >= 4 is 17.7 Å². The molecule has 0 unspecified atom stereocenters. The molecule has 1 aliphatic carbocycles. The molecule has 0 aromatic carbocycles. The second kappa shape index (κ2) is 4.72. The van der Waals surface area contributed by atoms with Crippen molar-refractivity contribution in [3.05, 3.63) is 17.5 Å². The lowest BCUT2D eigenvalue weighted by Gasteiger charge is -2.33. The molecule has 0 aliphatic heterocycles. The molecule has 6 nitrogen and oxygen atoms in total. The van der Waals surface area contributed by atoms with Crippen molar-refractivity contribution in [3.8, 4) is 0 Å². The van der Waals surface area contributed by atoms with Gasteiger partial charge >= 0.3 is 12.0 Å². The summed E-state index contributed by atoms with van der Waals surface area (Å²) in [4.78, 5) is 25.3. The predicted octanol–water partition coefficient (Wildman–Crippen LogP) is 1.94. The van der Waals surface area contributed by atoms with E-state index in [1.807, 2.05) is 0 Å². The van der Waals surface area contributed by atoms with Crippen molar-refractivity contribution < 1.29 is 14.7 Å². The quantitative estimate of drug-likeness (QED) is 0.661. The number of aromatic amines is 1. The molecule has 6 heteroatoms. The molecule has 2 rings (SSSR count). The molecule has 0 radical (unpaired) electrons. The molecular formula is C12H17N3O3. The first-order valence-electron chi connectivity index (χ1n) is 5.96. The number of aromatic nitrogens is 1. The molecule has 1 aliphatic rings. The highest BCUT2D eigenvalue weighted by atomic mass is 16.4. The van der Waals surface area contributed by atoms with Gasteiger partial charge in [-0.1, -0.05) is 6.92 Å². The molecule has 98 valence electrons. The standard InChI is InChI=1S/C12H17N3O3/c1-6-3-8(4-6)14-12(18)15-9-5-7(2)13-10(9)11(16)17/h5-6,8,13H,3-4H2,1-2H3,(H,16,17)(H2,14,15,18). The molecule has 1 heterocycles. The van der Waals surface area contributed by atoms with E-state index >= 15 is 0 Å². The average Bonchev–Trinajstić information content (AvgIpc) is 2.57. The fraction of sp³-hybridized carbons (Fsp3) is 0.500. The van der Waals surface area contributed by atoms with Crippen LogP contribution in [0.3, 0.4) is 0 Å². The van der Waals surface area contributed by atoms with Gasteiger partial charge in [-0.25, -0.2) is 9.59 Å². The number of carboxylic acids is 1. The Kier molecular flexibility index (Phi) is 3.27. The summed E-state index contributed by atoms with van der Waals surface area (Å²) in [7, 11) is 0. The topological polar surface area (TPSA) is 94.2 Å². The van der Waals surface area contributed by atoms with E-state index in [1.54, 1.807) is 13.0 Å². The van der Waals surface area contributed by atoms with Gasteiger partial charge in [0.15, 0.2) is 0 Å². The third-order valence-corrected chi connectivity index (χ3v) is 3.12. The summed E-state index contributed by atoms with van der Waals surface area (Å²) >= 11 is 0. The van der Waals surface area contributed by atoms with Gasteiger partial charge in [0.2, 0.25) is 0 Å². The van der Waals surface area contributed by atoms with Gasteiger partial charge in [0, 0.05) is 11.7 Å². The van der Waals surface area contributed by atoms with E-state index in [0.29, 0.717) is 17.3 Å². The van der Waals surface area contributed by atoms with Crippen LogP contribution >= 0.6 is 0 Å². The third kappa shape index (κ3) is 2.64. The highest BCUT2D eigenvalue weighted by Crippen LogP contribution is 2.26. The summed E-state index contributed by atoms with van der Waals surface area (Å²) in [5.74, 6) is -0.435. The fourth-order valence-corrected chi connectivity index (χ4v) is 2.22. The number of hydrogen-bond acceptors (Lipinski definition) is 2. The van der Waals surface area contributed by atoms with Gasteiger partial charge in [-0.05, 0) is 31.7 Å². The number of carbonyl (C=O) groups is 2.